The maximum Gasteiger partial charge on any atom is 0.166 e. The van der Waals surface area contributed by atoms with Gasteiger partial charge in [-0.05, 0) is 35.4 Å². The molecule has 1 aromatic heterocycles. The SMILES string of the molecule is Clc1ccc(-c2ccc3oncc3c2)cc1. The first-order valence-electron chi connectivity index (χ1n) is 4.93. The van der Waals surface area contributed by atoms with Crippen molar-refractivity contribution < 1.29 is 4.52 Å². The third kappa shape index (κ3) is 1.57. The summed E-state index contributed by atoms with van der Waals surface area (Å²) in [7, 11) is 0. The van der Waals surface area contributed by atoms with Crippen molar-refractivity contribution in [3.8, 4) is 11.1 Å². The largest absolute Gasteiger partial charge is 0.356 e. The number of rotatable bonds is 1. The Hall–Kier alpha value is -1.80. The number of benzene rings is 2. The number of hydrogen-bond donors (Lipinski definition) is 0. The Morgan fingerprint density at radius 1 is 0.938 bits per heavy atom. The van der Waals surface area contributed by atoms with Crippen LogP contribution in [0.1, 0.15) is 0 Å². The minimum absolute atomic E-state index is 0.745. The third-order valence-electron chi connectivity index (χ3n) is 2.53. The van der Waals surface area contributed by atoms with Crippen LogP contribution in [-0.4, -0.2) is 5.16 Å². The standard InChI is InChI=1S/C13H8ClNO/c14-12-4-1-9(2-5-12)10-3-6-13-11(7-10)8-15-16-13/h1-8H. The van der Waals surface area contributed by atoms with E-state index in [4.69, 9.17) is 16.1 Å². The van der Waals surface area contributed by atoms with Gasteiger partial charge in [-0.15, -0.1) is 0 Å². The molecular weight excluding hydrogens is 222 g/mol. The summed E-state index contributed by atoms with van der Waals surface area (Å²) < 4.78 is 5.06. The molecule has 0 saturated heterocycles. The summed E-state index contributed by atoms with van der Waals surface area (Å²) in [6.07, 6.45) is 1.72. The Morgan fingerprint density at radius 2 is 1.69 bits per heavy atom. The van der Waals surface area contributed by atoms with Gasteiger partial charge in [0.05, 0.1) is 6.20 Å². The molecule has 2 aromatic carbocycles. The molecule has 1 heterocycles. The van der Waals surface area contributed by atoms with E-state index in [2.05, 4.69) is 11.2 Å². The smallest absolute Gasteiger partial charge is 0.166 e. The van der Waals surface area contributed by atoms with Gasteiger partial charge in [0.1, 0.15) is 0 Å². The summed E-state index contributed by atoms with van der Waals surface area (Å²) >= 11 is 5.85. The molecule has 0 fully saturated rings. The highest BCUT2D eigenvalue weighted by molar-refractivity contribution is 6.30. The molecule has 16 heavy (non-hydrogen) atoms. The average molecular weight is 230 g/mol. The lowest BCUT2D eigenvalue weighted by molar-refractivity contribution is 0.456. The summed E-state index contributed by atoms with van der Waals surface area (Å²) in [5.74, 6) is 0. The van der Waals surface area contributed by atoms with Crippen LogP contribution >= 0.6 is 11.6 Å². The second-order valence-corrected chi connectivity index (χ2v) is 4.02. The van der Waals surface area contributed by atoms with Crippen LogP contribution in [0.3, 0.4) is 0 Å². The van der Waals surface area contributed by atoms with E-state index >= 15 is 0 Å². The predicted molar refractivity (Wildman–Crippen MR) is 64.5 cm³/mol. The predicted octanol–water partition coefficient (Wildman–Crippen LogP) is 4.15. The van der Waals surface area contributed by atoms with Crippen molar-refractivity contribution in [3.05, 3.63) is 53.7 Å². The molecule has 0 saturated carbocycles. The molecule has 0 aliphatic carbocycles. The van der Waals surface area contributed by atoms with Crippen LogP contribution in [0.5, 0.6) is 0 Å². The molecule has 3 rings (SSSR count). The monoisotopic (exact) mass is 229 g/mol. The molecular formula is C13H8ClNO. The van der Waals surface area contributed by atoms with Crippen molar-refractivity contribution in [2.24, 2.45) is 0 Å². The molecule has 0 N–H and O–H groups in total. The molecule has 0 radical (unpaired) electrons. The number of aromatic nitrogens is 1. The van der Waals surface area contributed by atoms with E-state index in [9.17, 15) is 0 Å². The van der Waals surface area contributed by atoms with Gasteiger partial charge < -0.3 is 4.52 Å². The topological polar surface area (TPSA) is 26.0 Å². The summed E-state index contributed by atoms with van der Waals surface area (Å²) in [5.41, 5.74) is 3.07. The van der Waals surface area contributed by atoms with Gasteiger partial charge in [-0.1, -0.05) is 35.0 Å². The van der Waals surface area contributed by atoms with Gasteiger partial charge in [0.2, 0.25) is 0 Å². The van der Waals surface area contributed by atoms with E-state index < -0.39 is 0 Å². The van der Waals surface area contributed by atoms with Gasteiger partial charge in [-0.25, -0.2) is 0 Å². The van der Waals surface area contributed by atoms with Gasteiger partial charge in [0, 0.05) is 10.4 Å². The number of halogens is 1. The molecule has 0 aliphatic rings. The van der Waals surface area contributed by atoms with E-state index in [1.54, 1.807) is 6.20 Å². The Labute approximate surface area is 97.4 Å². The maximum atomic E-state index is 5.85. The maximum absolute atomic E-state index is 5.85. The highest BCUT2D eigenvalue weighted by Crippen LogP contribution is 2.25. The summed E-state index contributed by atoms with van der Waals surface area (Å²) in [6.45, 7) is 0. The first kappa shape index (κ1) is 9.43. The minimum Gasteiger partial charge on any atom is -0.356 e. The highest BCUT2D eigenvalue weighted by Gasteiger charge is 2.02. The Balaban J connectivity index is 2.14. The van der Waals surface area contributed by atoms with Crippen molar-refractivity contribution in [1.82, 2.24) is 5.16 Å². The highest BCUT2D eigenvalue weighted by atomic mass is 35.5. The van der Waals surface area contributed by atoms with Crippen LogP contribution in [0.4, 0.5) is 0 Å². The zero-order chi connectivity index (χ0) is 11.0. The number of fused-ring (bicyclic) bond motifs is 1. The van der Waals surface area contributed by atoms with E-state index in [-0.39, 0.29) is 0 Å². The molecule has 0 bridgehead atoms. The summed E-state index contributed by atoms with van der Waals surface area (Å²) in [4.78, 5) is 0. The van der Waals surface area contributed by atoms with Crippen molar-refractivity contribution in [1.29, 1.82) is 0 Å². The number of hydrogen-bond acceptors (Lipinski definition) is 2. The third-order valence-corrected chi connectivity index (χ3v) is 2.78. The lowest BCUT2D eigenvalue weighted by Gasteiger charge is -2.01. The molecule has 2 nitrogen and oxygen atoms in total. The zero-order valence-electron chi connectivity index (χ0n) is 8.35. The van der Waals surface area contributed by atoms with Crippen LogP contribution < -0.4 is 0 Å². The van der Waals surface area contributed by atoms with Gasteiger partial charge in [-0.2, -0.15) is 0 Å². The molecule has 0 amide bonds. The average Bonchev–Trinajstić information content (AvgIpc) is 2.77. The van der Waals surface area contributed by atoms with Crippen molar-refractivity contribution in [2.75, 3.05) is 0 Å². The molecule has 0 aliphatic heterocycles. The van der Waals surface area contributed by atoms with Crippen LogP contribution in [0, 0.1) is 0 Å². The first-order chi connectivity index (χ1) is 7.83. The molecule has 0 unspecified atom stereocenters. The molecule has 3 aromatic rings. The van der Waals surface area contributed by atoms with Gasteiger partial charge >= 0.3 is 0 Å². The Morgan fingerprint density at radius 3 is 2.50 bits per heavy atom. The fourth-order valence-electron chi connectivity index (χ4n) is 1.69. The second kappa shape index (κ2) is 3.65. The van der Waals surface area contributed by atoms with Crippen LogP contribution in [-0.2, 0) is 0 Å². The van der Waals surface area contributed by atoms with Crippen molar-refractivity contribution in [3.63, 3.8) is 0 Å². The normalized spacial score (nSPS) is 10.8. The minimum atomic E-state index is 0.745. The van der Waals surface area contributed by atoms with Crippen LogP contribution in [0.15, 0.2) is 53.2 Å². The molecule has 3 heteroatoms. The van der Waals surface area contributed by atoms with E-state index in [1.807, 2.05) is 36.4 Å². The van der Waals surface area contributed by atoms with Gasteiger partial charge in [0.15, 0.2) is 5.58 Å². The van der Waals surface area contributed by atoms with Crippen LogP contribution in [0.25, 0.3) is 22.1 Å². The molecule has 78 valence electrons. The lowest BCUT2D eigenvalue weighted by atomic mass is 10.0. The fourth-order valence-corrected chi connectivity index (χ4v) is 1.82. The summed E-state index contributed by atoms with van der Waals surface area (Å²) in [5, 5.41) is 5.51. The van der Waals surface area contributed by atoms with Crippen molar-refractivity contribution in [2.45, 2.75) is 0 Å². The van der Waals surface area contributed by atoms with E-state index in [1.165, 1.54) is 0 Å². The van der Waals surface area contributed by atoms with E-state index in [0.717, 1.165) is 27.1 Å². The molecule has 0 atom stereocenters. The van der Waals surface area contributed by atoms with E-state index in [0.29, 0.717) is 0 Å². The quantitative estimate of drug-likeness (QED) is 0.627. The van der Waals surface area contributed by atoms with Crippen molar-refractivity contribution >= 4 is 22.6 Å². The first-order valence-corrected chi connectivity index (χ1v) is 5.31. The zero-order valence-corrected chi connectivity index (χ0v) is 9.11. The number of nitrogens with zero attached hydrogens (tertiary/aromatic N) is 1. The summed E-state index contributed by atoms with van der Waals surface area (Å²) in [6, 6.07) is 13.7. The fraction of sp³-hybridized carbons (Fsp3) is 0. The Bertz CT molecular complexity index is 628. The van der Waals surface area contributed by atoms with Crippen LogP contribution in [0.2, 0.25) is 5.02 Å². The second-order valence-electron chi connectivity index (χ2n) is 3.59. The Kier molecular flexibility index (Phi) is 2.15. The van der Waals surface area contributed by atoms with Gasteiger partial charge in [-0.3, -0.25) is 0 Å². The van der Waals surface area contributed by atoms with Gasteiger partial charge in [0.25, 0.3) is 0 Å². The lowest BCUT2D eigenvalue weighted by Crippen LogP contribution is -1.76. The molecule has 0 spiro atoms.